The van der Waals surface area contributed by atoms with Gasteiger partial charge in [0.1, 0.15) is 0 Å². The number of aromatic nitrogens is 3. The van der Waals surface area contributed by atoms with Crippen LogP contribution in [0, 0.1) is 13.8 Å². The van der Waals surface area contributed by atoms with E-state index in [4.69, 9.17) is 5.73 Å². The average Bonchev–Trinajstić information content (AvgIpc) is 2.61. The molecule has 0 unspecified atom stereocenters. The van der Waals surface area contributed by atoms with Gasteiger partial charge in [-0.1, -0.05) is 22.9 Å². The molecule has 1 aromatic carbocycles. The second kappa shape index (κ2) is 3.82. The molecule has 4 nitrogen and oxygen atoms in total. The van der Waals surface area contributed by atoms with Gasteiger partial charge in [0.2, 0.25) is 0 Å². The predicted molar refractivity (Wildman–Crippen MR) is 58.7 cm³/mol. The molecule has 0 aliphatic carbocycles. The van der Waals surface area contributed by atoms with Crippen molar-refractivity contribution in [3.63, 3.8) is 0 Å². The molecule has 0 aliphatic heterocycles. The van der Waals surface area contributed by atoms with E-state index in [0.717, 1.165) is 17.1 Å². The second-order valence-corrected chi connectivity index (χ2v) is 3.57. The molecule has 0 fully saturated rings. The lowest BCUT2D eigenvalue weighted by Crippen LogP contribution is -2.07. The van der Waals surface area contributed by atoms with E-state index in [9.17, 15) is 0 Å². The van der Waals surface area contributed by atoms with Crippen LogP contribution in [0.25, 0.3) is 5.69 Å². The number of hydrogen-bond donors (Lipinski definition) is 1. The summed E-state index contributed by atoms with van der Waals surface area (Å²) in [6.07, 6.45) is 0. The van der Waals surface area contributed by atoms with Crippen LogP contribution < -0.4 is 5.73 Å². The summed E-state index contributed by atoms with van der Waals surface area (Å²) >= 11 is 0. The van der Waals surface area contributed by atoms with Crippen molar-refractivity contribution in [3.05, 3.63) is 41.2 Å². The van der Waals surface area contributed by atoms with Crippen LogP contribution in [0.2, 0.25) is 0 Å². The van der Waals surface area contributed by atoms with Gasteiger partial charge in [-0.2, -0.15) is 0 Å². The second-order valence-electron chi connectivity index (χ2n) is 3.57. The number of rotatable bonds is 2. The lowest BCUT2D eigenvalue weighted by Gasteiger charge is -2.04. The number of hydrogen-bond acceptors (Lipinski definition) is 3. The summed E-state index contributed by atoms with van der Waals surface area (Å²) in [7, 11) is 0. The monoisotopic (exact) mass is 202 g/mol. The Balaban J connectivity index is 2.49. The standard InChI is InChI=1S/C11H14N4/c1-8-3-5-10(6-4-8)15-11(7-12)9(2)13-14-15/h3-6H,7,12H2,1-2H3. The van der Waals surface area contributed by atoms with Crippen molar-refractivity contribution in [2.24, 2.45) is 5.73 Å². The van der Waals surface area contributed by atoms with Crippen LogP contribution in [-0.4, -0.2) is 15.0 Å². The Morgan fingerprint density at radius 1 is 1.20 bits per heavy atom. The normalized spacial score (nSPS) is 10.6. The van der Waals surface area contributed by atoms with E-state index in [0.29, 0.717) is 6.54 Å². The zero-order chi connectivity index (χ0) is 10.8. The Bertz CT molecular complexity index is 456. The highest BCUT2D eigenvalue weighted by molar-refractivity contribution is 5.35. The van der Waals surface area contributed by atoms with Crippen molar-refractivity contribution in [2.45, 2.75) is 20.4 Å². The molecule has 2 N–H and O–H groups in total. The first-order valence-electron chi connectivity index (χ1n) is 4.90. The highest BCUT2D eigenvalue weighted by Crippen LogP contribution is 2.12. The van der Waals surface area contributed by atoms with E-state index in [1.54, 1.807) is 4.68 Å². The van der Waals surface area contributed by atoms with Crippen LogP contribution in [0.3, 0.4) is 0 Å². The minimum atomic E-state index is 0.451. The molecule has 0 atom stereocenters. The number of nitrogens with two attached hydrogens (primary N) is 1. The largest absolute Gasteiger partial charge is 0.325 e. The molecule has 1 heterocycles. The third-order valence-corrected chi connectivity index (χ3v) is 2.43. The van der Waals surface area contributed by atoms with E-state index in [-0.39, 0.29) is 0 Å². The number of nitrogens with zero attached hydrogens (tertiary/aromatic N) is 3. The summed E-state index contributed by atoms with van der Waals surface area (Å²) in [4.78, 5) is 0. The smallest absolute Gasteiger partial charge is 0.0846 e. The van der Waals surface area contributed by atoms with E-state index < -0.39 is 0 Å². The van der Waals surface area contributed by atoms with E-state index in [1.165, 1.54) is 5.56 Å². The lowest BCUT2D eigenvalue weighted by atomic mass is 10.2. The van der Waals surface area contributed by atoms with Crippen LogP contribution in [-0.2, 0) is 6.54 Å². The fraction of sp³-hybridized carbons (Fsp3) is 0.273. The van der Waals surface area contributed by atoms with Crippen molar-refractivity contribution in [2.75, 3.05) is 0 Å². The summed E-state index contributed by atoms with van der Waals surface area (Å²) in [6, 6.07) is 8.13. The average molecular weight is 202 g/mol. The third kappa shape index (κ3) is 1.76. The summed E-state index contributed by atoms with van der Waals surface area (Å²) in [5, 5.41) is 8.09. The molecular weight excluding hydrogens is 188 g/mol. The molecule has 0 saturated heterocycles. The van der Waals surface area contributed by atoms with E-state index >= 15 is 0 Å². The summed E-state index contributed by atoms with van der Waals surface area (Å²) < 4.78 is 1.79. The van der Waals surface area contributed by atoms with Gasteiger partial charge in [0.15, 0.2) is 0 Å². The van der Waals surface area contributed by atoms with Crippen molar-refractivity contribution in [3.8, 4) is 5.69 Å². The maximum Gasteiger partial charge on any atom is 0.0846 e. The Kier molecular flexibility index (Phi) is 2.51. The summed E-state index contributed by atoms with van der Waals surface area (Å²) in [5.74, 6) is 0. The van der Waals surface area contributed by atoms with Crippen LogP contribution in [0.1, 0.15) is 17.0 Å². The SMILES string of the molecule is Cc1ccc(-n2nnc(C)c2CN)cc1. The Hall–Kier alpha value is -1.68. The molecule has 0 amide bonds. The number of aryl methyl sites for hydroxylation is 2. The highest BCUT2D eigenvalue weighted by atomic mass is 15.4. The Morgan fingerprint density at radius 2 is 1.87 bits per heavy atom. The molecule has 0 bridgehead atoms. The minimum Gasteiger partial charge on any atom is -0.325 e. The maximum absolute atomic E-state index is 5.66. The van der Waals surface area contributed by atoms with E-state index in [1.807, 2.05) is 31.2 Å². The van der Waals surface area contributed by atoms with E-state index in [2.05, 4.69) is 17.2 Å². The van der Waals surface area contributed by atoms with Gasteiger partial charge >= 0.3 is 0 Å². The van der Waals surface area contributed by atoms with Gasteiger partial charge in [-0.15, -0.1) is 5.10 Å². The van der Waals surface area contributed by atoms with Crippen molar-refractivity contribution in [1.82, 2.24) is 15.0 Å². The molecule has 2 rings (SSSR count). The first-order chi connectivity index (χ1) is 7.22. The molecular formula is C11H14N4. The molecule has 78 valence electrons. The fourth-order valence-electron chi connectivity index (χ4n) is 1.50. The van der Waals surface area contributed by atoms with Crippen LogP contribution in [0.4, 0.5) is 0 Å². The molecule has 0 radical (unpaired) electrons. The summed E-state index contributed by atoms with van der Waals surface area (Å²) in [5.41, 5.74) is 9.73. The van der Waals surface area contributed by atoms with Crippen molar-refractivity contribution in [1.29, 1.82) is 0 Å². The van der Waals surface area contributed by atoms with Gasteiger partial charge in [0, 0.05) is 6.54 Å². The lowest BCUT2D eigenvalue weighted by molar-refractivity contribution is 0.761. The van der Waals surface area contributed by atoms with Gasteiger partial charge in [0.05, 0.1) is 17.1 Å². The van der Waals surface area contributed by atoms with Crippen molar-refractivity contribution >= 4 is 0 Å². The predicted octanol–water partition coefficient (Wildman–Crippen LogP) is 1.34. The van der Waals surface area contributed by atoms with Gasteiger partial charge in [-0.05, 0) is 26.0 Å². The van der Waals surface area contributed by atoms with Gasteiger partial charge in [-0.25, -0.2) is 4.68 Å². The molecule has 1 aromatic heterocycles. The molecule has 0 saturated carbocycles. The molecule has 0 spiro atoms. The van der Waals surface area contributed by atoms with Gasteiger partial charge in [-0.3, -0.25) is 0 Å². The van der Waals surface area contributed by atoms with Crippen LogP contribution >= 0.6 is 0 Å². The Labute approximate surface area is 88.7 Å². The van der Waals surface area contributed by atoms with Crippen LogP contribution in [0.15, 0.2) is 24.3 Å². The summed E-state index contributed by atoms with van der Waals surface area (Å²) in [6.45, 7) is 4.42. The fourth-order valence-corrected chi connectivity index (χ4v) is 1.50. The van der Waals surface area contributed by atoms with Crippen LogP contribution in [0.5, 0.6) is 0 Å². The zero-order valence-electron chi connectivity index (χ0n) is 8.94. The zero-order valence-corrected chi connectivity index (χ0v) is 8.94. The Morgan fingerprint density at radius 3 is 2.47 bits per heavy atom. The molecule has 15 heavy (non-hydrogen) atoms. The minimum absolute atomic E-state index is 0.451. The molecule has 2 aromatic rings. The quantitative estimate of drug-likeness (QED) is 0.799. The molecule has 4 heteroatoms. The third-order valence-electron chi connectivity index (χ3n) is 2.43. The maximum atomic E-state index is 5.66. The number of benzene rings is 1. The topological polar surface area (TPSA) is 56.7 Å². The first-order valence-corrected chi connectivity index (χ1v) is 4.90. The molecule has 0 aliphatic rings. The van der Waals surface area contributed by atoms with Gasteiger partial charge in [0.25, 0.3) is 0 Å². The van der Waals surface area contributed by atoms with Crippen molar-refractivity contribution < 1.29 is 0 Å². The first kappa shape index (κ1) is 9.86. The van der Waals surface area contributed by atoms with Gasteiger partial charge < -0.3 is 5.73 Å². The highest BCUT2D eigenvalue weighted by Gasteiger charge is 2.08.